The highest BCUT2D eigenvalue weighted by Gasteiger charge is 2.38. The number of rotatable bonds is 9. The minimum Gasteiger partial charge on any atom is -0.868 e. The molecule has 0 aromatic heterocycles. The fraction of sp³-hybridized carbons (Fsp3) is 0.321. The normalized spacial score (nSPS) is 18.8. The number of nitrogens with zero attached hydrogens (tertiary/aromatic N) is 1. The number of quaternary nitrogens is 1. The summed E-state index contributed by atoms with van der Waals surface area (Å²) >= 11 is 0. The van der Waals surface area contributed by atoms with E-state index in [1.54, 1.807) is 30.3 Å². The fourth-order valence-electron chi connectivity index (χ4n) is 4.62. The van der Waals surface area contributed by atoms with Crippen LogP contribution in [-0.2, 0) is 19.1 Å². The van der Waals surface area contributed by atoms with Crippen LogP contribution in [0.5, 0.6) is 0 Å². The number of hydrogen-bond donors (Lipinski definition) is 1. The summed E-state index contributed by atoms with van der Waals surface area (Å²) in [6.45, 7) is 4.43. The Balaban J connectivity index is 1.59. The molecular formula is C28H30N2O6. The van der Waals surface area contributed by atoms with Gasteiger partial charge in [-0.1, -0.05) is 48.5 Å². The highest BCUT2D eigenvalue weighted by molar-refractivity contribution is 6.14. The zero-order chi connectivity index (χ0) is 25.5. The molecule has 0 bridgehead atoms. The molecule has 0 aliphatic carbocycles. The third-order valence-electron chi connectivity index (χ3n) is 6.55. The van der Waals surface area contributed by atoms with Crippen molar-refractivity contribution in [1.82, 2.24) is 4.90 Å². The van der Waals surface area contributed by atoms with Crippen molar-refractivity contribution < 1.29 is 33.9 Å². The first-order valence-corrected chi connectivity index (χ1v) is 12.1. The van der Waals surface area contributed by atoms with Crippen molar-refractivity contribution in [3.05, 3.63) is 88.7 Å². The summed E-state index contributed by atoms with van der Waals surface area (Å²) < 4.78 is 10.2. The highest BCUT2D eigenvalue weighted by atomic mass is 16.5. The second-order valence-corrected chi connectivity index (χ2v) is 8.83. The predicted molar refractivity (Wildman–Crippen MR) is 131 cm³/mol. The van der Waals surface area contributed by atoms with E-state index in [9.17, 15) is 19.5 Å². The van der Waals surface area contributed by atoms with E-state index in [0.717, 1.165) is 25.2 Å². The monoisotopic (exact) mass is 490 g/mol. The number of nitrogens with one attached hydrogen (secondary N) is 1. The Kier molecular flexibility index (Phi) is 8.30. The molecule has 8 heteroatoms. The Labute approximate surface area is 210 Å². The summed E-state index contributed by atoms with van der Waals surface area (Å²) in [4.78, 5) is 41.0. The molecule has 188 valence electrons. The van der Waals surface area contributed by atoms with E-state index < -0.39 is 29.5 Å². The quantitative estimate of drug-likeness (QED) is 0.407. The van der Waals surface area contributed by atoms with E-state index in [2.05, 4.69) is 0 Å². The summed E-state index contributed by atoms with van der Waals surface area (Å²) in [5.41, 5.74) is 1.68. The molecule has 2 heterocycles. The van der Waals surface area contributed by atoms with Crippen molar-refractivity contribution in [2.24, 2.45) is 0 Å². The van der Waals surface area contributed by atoms with Crippen molar-refractivity contribution in [2.45, 2.75) is 12.5 Å². The van der Waals surface area contributed by atoms with Crippen molar-refractivity contribution in [3.8, 4) is 0 Å². The average Bonchev–Trinajstić information content (AvgIpc) is 3.17. The summed E-state index contributed by atoms with van der Waals surface area (Å²) in [6.07, 6.45) is 3.66. The molecule has 1 saturated heterocycles. The first kappa shape index (κ1) is 25.3. The molecule has 8 nitrogen and oxygen atoms in total. The maximum atomic E-state index is 13.2. The highest BCUT2D eigenvalue weighted by Crippen LogP contribution is 2.37. The lowest BCUT2D eigenvalue weighted by Gasteiger charge is -2.29. The summed E-state index contributed by atoms with van der Waals surface area (Å²) in [5.74, 6) is -2.44. The van der Waals surface area contributed by atoms with Gasteiger partial charge >= 0.3 is 5.97 Å². The van der Waals surface area contributed by atoms with Crippen LogP contribution in [0, 0.1) is 0 Å². The maximum absolute atomic E-state index is 13.2. The fourth-order valence-corrected chi connectivity index (χ4v) is 4.62. The van der Waals surface area contributed by atoms with E-state index in [-0.39, 0.29) is 5.57 Å². The van der Waals surface area contributed by atoms with Gasteiger partial charge in [0.05, 0.1) is 38.5 Å². The van der Waals surface area contributed by atoms with Crippen molar-refractivity contribution in [1.29, 1.82) is 0 Å². The van der Waals surface area contributed by atoms with E-state index in [1.807, 2.05) is 30.3 Å². The average molecular weight is 491 g/mol. The second kappa shape index (κ2) is 11.8. The van der Waals surface area contributed by atoms with Gasteiger partial charge in [0.1, 0.15) is 13.1 Å². The van der Waals surface area contributed by atoms with E-state index in [0.29, 0.717) is 37.3 Å². The molecule has 4 rings (SSSR count). The Morgan fingerprint density at radius 3 is 2.47 bits per heavy atom. The van der Waals surface area contributed by atoms with Crippen LogP contribution >= 0.6 is 0 Å². The Morgan fingerprint density at radius 2 is 1.81 bits per heavy atom. The van der Waals surface area contributed by atoms with Gasteiger partial charge in [0, 0.05) is 18.5 Å². The van der Waals surface area contributed by atoms with E-state index >= 15 is 0 Å². The Bertz CT molecular complexity index is 1150. The first-order valence-electron chi connectivity index (χ1n) is 12.1. The van der Waals surface area contributed by atoms with Gasteiger partial charge in [-0.15, -0.1) is 0 Å². The maximum Gasteiger partial charge on any atom is 0.337 e. The molecule has 0 saturated carbocycles. The summed E-state index contributed by atoms with van der Waals surface area (Å²) in [5, 5.41) is 13.1. The van der Waals surface area contributed by atoms with Crippen LogP contribution < -0.4 is 10.0 Å². The number of carbonyl (C=O) groups excluding carboxylic acids is 3. The lowest BCUT2D eigenvalue weighted by Crippen LogP contribution is -3.14. The van der Waals surface area contributed by atoms with Crippen molar-refractivity contribution >= 4 is 23.7 Å². The largest absolute Gasteiger partial charge is 0.868 e. The third kappa shape index (κ3) is 5.72. The van der Waals surface area contributed by atoms with Crippen LogP contribution in [0.3, 0.4) is 0 Å². The molecule has 1 N–H and O–H groups in total. The zero-order valence-corrected chi connectivity index (χ0v) is 20.3. The number of benzene rings is 2. The predicted octanol–water partition coefficient (Wildman–Crippen LogP) is 0.559. The Morgan fingerprint density at radius 1 is 1.11 bits per heavy atom. The lowest BCUT2D eigenvalue weighted by molar-refractivity contribution is -0.908. The van der Waals surface area contributed by atoms with Gasteiger partial charge < -0.3 is 24.4 Å². The van der Waals surface area contributed by atoms with E-state index in [1.165, 1.54) is 23.0 Å². The number of ketones is 1. The third-order valence-corrected chi connectivity index (χ3v) is 6.55. The summed E-state index contributed by atoms with van der Waals surface area (Å²) in [6, 6.07) is 14.9. The van der Waals surface area contributed by atoms with Crippen LogP contribution in [0.15, 0.2) is 72.0 Å². The number of methoxy groups -OCH3 is 1. The molecule has 1 atom stereocenters. The van der Waals surface area contributed by atoms with Crippen molar-refractivity contribution in [2.75, 3.05) is 46.5 Å². The zero-order valence-electron chi connectivity index (χ0n) is 20.3. The lowest BCUT2D eigenvalue weighted by atomic mass is 9.94. The first-order chi connectivity index (χ1) is 17.5. The molecule has 36 heavy (non-hydrogen) atoms. The van der Waals surface area contributed by atoms with Gasteiger partial charge in [-0.25, -0.2) is 4.79 Å². The van der Waals surface area contributed by atoms with Crippen LogP contribution in [0.1, 0.15) is 33.9 Å². The summed E-state index contributed by atoms with van der Waals surface area (Å²) in [7, 11) is 1.30. The van der Waals surface area contributed by atoms with Gasteiger partial charge in [-0.3, -0.25) is 9.59 Å². The van der Waals surface area contributed by atoms with Gasteiger partial charge in [-0.2, -0.15) is 0 Å². The topological polar surface area (TPSA) is 100 Å². The van der Waals surface area contributed by atoms with Crippen LogP contribution in [0.4, 0.5) is 0 Å². The molecule has 2 aliphatic heterocycles. The molecule has 2 aliphatic rings. The van der Waals surface area contributed by atoms with Gasteiger partial charge in [-0.05, 0) is 35.1 Å². The number of esters is 1. The minimum atomic E-state index is -0.815. The number of allylic oxidation sites excluding steroid dienone is 1. The van der Waals surface area contributed by atoms with E-state index in [4.69, 9.17) is 9.47 Å². The molecule has 0 radical (unpaired) electrons. The van der Waals surface area contributed by atoms with Crippen LogP contribution in [-0.4, -0.2) is 69.1 Å². The molecule has 0 spiro atoms. The minimum absolute atomic E-state index is 0.0725. The van der Waals surface area contributed by atoms with Crippen LogP contribution in [0.2, 0.25) is 0 Å². The Hall–Kier alpha value is -3.75. The SMILES string of the molecule is COC(=O)c1ccc(C2C(C(=O)C=Cc3ccccc3)=C([O-])C(=O)N2CCC[NH+]2CCOCC2)cc1. The molecule has 1 unspecified atom stereocenters. The van der Waals surface area contributed by atoms with Crippen molar-refractivity contribution in [3.63, 3.8) is 0 Å². The molecule has 2 aromatic rings. The smallest absolute Gasteiger partial charge is 0.337 e. The van der Waals surface area contributed by atoms with Gasteiger partial charge in [0.25, 0.3) is 0 Å². The van der Waals surface area contributed by atoms with Crippen LogP contribution in [0.25, 0.3) is 6.08 Å². The molecular weight excluding hydrogens is 460 g/mol. The number of morpholine rings is 1. The molecule has 1 fully saturated rings. The molecule has 2 aromatic carbocycles. The standard InChI is InChI=1S/C28H30N2O6/c1-35-28(34)22-11-9-21(10-12-22)25-24(23(31)13-8-20-6-3-2-4-7-20)26(32)27(33)30(25)15-5-14-29-16-18-36-19-17-29/h2-4,6-13,25,32H,5,14-19H2,1H3. The molecule has 1 amide bonds. The van der Waals surface area contributed by atoms with Gasteiger partial charge in [0.15, 0.2) is 5.78 Å². The number of ether oxygens (including phenoxy) is 2. The number of carbonyl (C=O) groups is 3. The van der Waals surface area contributed by atoms with Gasteiger partial charge in [0.2, 0.25) is 5.91 Å². The number of hydrogen-bond acceptors (Lipinski definition) is 6. The second-order valence-electron chi connectivity index (χ2n) is 8.83. The number of amides is 1.